The topological polar surface area (TPSA) is 90.3 Å². The Balaban J connectivity index is 1.37. The summed E-state index contributed by atoms with van der Waals surface area (Å²) in [5.74, 6) is 2.69. The highest BCUT2D eigenvalue weighted by molar-refractivity contribution is 9.10. The van der Waals surface area contributed by atoms with Crippen molar-refractivity contribution < 1.29 is 18.9 Å². The van der Waals surface area contributed by atoms with E-state index in [1.165, 1.54) is 6.33 Å². The SMILES string of the molecule is COc1cc2c(cc1OCCN1CCOCC1)C=Nc1c(Nc3cccc(Br)c3)ncnc1O2. The number of anilines is 2. The van der Waals surface area contributed by atoms with Crippen LogP contribution in [0.25, 0.3) is 0 Å². The smallest absolute Gasteiger partial charge is 0.250 e. The molecule has 5 rings (SSSR count). The van der Waals surface area contributed by atoms with E-state index in [2.05, 4.69) is 41.1 Å². The maximum atomic E-state index is 6.12. The fourth-order valence-electron chi connectivity index (χ4n) is 3.71. The van der Waals surface area contributed by atoms with Gasteiger partial charge in [0.25, 0.3) is 5.88 Å². The molecule has 176 valence electrons. The fourth-order valence-corrected chi connectivity index (χ4v) is 4.11. The fraction of sp³-hybridized carbons (Fsp3) is 0.292. The summed E-state index contributed by atoms with van der Waals surface area (Å²) >= 11 is 3.48. The van der Waals surface area contributed by atoms with E-state index in [-0.39, 0.29) is 0 Å². The van der Waals surface area contributed by atoms with Crippen molar-refractivity contribution >= 4 is 39.3 Å². The second-order valence-electron chi connectivity index (χ2n) is 7.72. The van der Waals surface area contributed by atoms with Crippen molar-refractivity contribution in [2.75, 3.05) is 51.9 Å². The first-order chi connectivity index (χ1) is 16.7. The van der Waals surface area contributed by atoms with Gasteiger partial charge in [0.2, 0.25) is 0 Å². The summed E-state index contributed by atoms with van der Waals surface area (Å²) in [5, 5.41) is 3.28. The van der Waals surface area contributed by atoms with Crippen LogP contribution in [0.3, 0.4) is 0 Å². The van der Waals surface area contributed by atoms with Crippen LogP contribution in [0.15, 0.2) is 52.2 Å². The zero-order valence-electron chi connectivity index (χ0n) is 18.7. The number of hydrogen-bond acceptors (Lipinski definition) is 9. The van der Waals surface area contributed by atoms with Crippen molar-refractivity contribution in [3.8, 4) is 23.1 Å². The minimum Gasteiger partial charge on any atom is -0.493 e. The first-order valence-corrected chi connectivity index (χ1v) is 11.7. The summed E-state index contributed by atoms with van der Waals surface area (Å²) in [6, 6.07) is 11.5. The lowest BCUT2D eigenvalue weighted by atomic mass is 10.2. The molecule has 1 saturated heterocycles. The highest BCUT2D eigenvalue weighted by atomic mass is 79.9. The molecule has 2 aliphatic rings. The Morgan fingerprint density at radius 2 is 2.00 bits per heavy atom. The molecule has 0 bridgehead atoms. The summed E-state index contributed by atoms with van der Waals surface area (Å²) in [6.45, 7) is 4.72. The minimum absolute atomic E-state index is 0.352. The molecule has 3 aromatic rings. The number of benzene rings is 2. The van der Waals surface area contributed by atoms with E-state index in [1.807, 2.05) is 30.3 Å². The molecule has 2 aliphatic heterocycles. The number of rotatable bonds is 7. The molecule has 0 amide bonds. The van der Waals surface area contributed by atoms with E-state index in [9.17, 15) is 0 Å². The van der Waals surface area contributed by atoms with Gasteiger partial charge in [-0.1, -0.05) is 22.0 Å². The molecular weight excluding hydrogens is 502 g/mol. The minimum atomic E-state index is 0.352. The van der Waals surface area contributed by atoms with Gasteiger partial charge in [0.05, 0.1) is 20.3 Å². The third-order valence-electron chi connectivity index (χ3n) is 5.48. The maximum Gasteiger partial charge on any atom is 0.250 e. The number of methoxy groups -OCH3 is 1. The first-order valence-electron chi connectivity index (χ1n) is 10.9. The quantitative estimate of drug-likeness (QED) is 0.375. The number of nitrogens with one attached hydrogen (secondary N) is 1. The lowest BCUT2D eigenvalue weighted by molar-refractivity contribution is 0.0321. The number of aliphatic imine (C=N–C) groups is 1. The standard InChI is InChI=1S/C24H24BrN5O4/c1-31-20-13-19-16(11-21(20)33-10-7-30-5-8-32-9-6-30)14-26-22-23(27-15-28-24(22)34-19)29-18-4-2-3-17(25)12-18/h2-4,11-15H,5-10H2,1H3,(H,27,28,29). The van der Waals surface area contributed by atoms with Gasteiger partial charge in [-0.25, -0.2) is 9.98 Å². The predicted octanol–water partition coefficient (Wildman–Crippen LogP) is 4.56. The number of hydrogen-bond donors (Lipinski definition) is 1. The first kappa shape index (κ1) is 22.6. The highest BCUT2D eigenvalue weighted by Crippen LogP contribution is 2.42. The molecule has 0 aliphatic carbocycles. The van der Waals surface area contributed by atoms with Gasteiger partial charge in [-0.05, 0) is 24.3 Å². The van der Waals surface area contributed by atoms with Crippen molar-refractivity contribution in [2.45, 2.75) is 0 Å². The molecule has 9 nitrogen and oxygen atoms in total. The Morgan fingerprint density at radius 3 is 2.82 bits per heavy atom. The van der Waals surface area contributed by atoms with E-state index in [0.29, 0.717) is 41.2 Å². The Morgan fingerprint density at radius 1 is 1.12 bits per heavy atom. The van der Waals surface area contributed by atoms with Crippen LogP contribution in [0.4, 0.5) is 17.2 Å². The molecule has 0 unspecified atom stereocenters. The van der Waals surface area contributed by atoms with Crippen molar-refractivity contribution in [3.63, 3.8) is 0 Å². The van der Waals surface area contributed by atoms with Crippen molar-refractivity contribution in [1.82, 2.24) is 14.9 Å². The molecule has 0 spiro atoms. The number of fused-ring (bicyclic) bond motifs is 2. The van der Waals surface area contributed by atoms with Crippen molar-refractivity contribution in [1.29, 1.82) is 0 Å². The number of nitrogens with zero attached hydrogens (tertiary/aromatic N) is 4. The molecule has 0 saturated carbocycles. The Labute approximate surface area is 205 Å². The van der Waals surface area contributed by atoms with Gasteiger partial charge >= 0.3 is 0 Å². The predicted molar refractivity (Wildman–Crippen MR) is 133 cm³/mol. The second-order valence-corrected chi connectivity index (χ2v) is 8.63. The van der Waals surface area contributed by atoms with Gasteiger partial charge in [-0.15, -0.1) is 0 Å². The van der Waals surface area contributed by atoms with E-state index in [4.69, 9.17) is 18.9 Å². The summed E-state index contributed by atoms with van der Waals surface area (Å²) in [5.41, 5.74) is 2.13. The van der Waals surface area contributed by atoms with Crippen molar-refractivity contribution in [3.05, 3.63) is 52.8 Å². The van der Waals surface area contributed by atoms with Gasteiger partial charge in [-0.2, -0.15) is 4.98 Å². The van der Waals surface area contributed by atoms with Crippen LogP contribution in [0.2, 0.25) is 0 Å². The maximum absolute atomic E-state index is 6.12. The molecule has 34 heavy (non-hydrogen) atoms. The van der Waals surface area contributed by atoms with Gasteiger partial charge in [0.15, 0.2) is 23.0 Å². The third kappa shape index (κ3) is 5.14. The summed E-state index contributed by atoms with van der Waals surface area (Å²) in [4.78, 5) is 15.6. The van der Waals surface area contributed by atoms with E-state index >= 15 is 0 Å². The average Bonchev–Trinajstić information content (AvgIpc) is 3.03. The lowest BCUT2D eigenvalue weighted by Crippen LogP contribution is -2.38. The molecule has 2 aromatic carbocycles. The highest BCUT2D eigenvalue weighted by Gasteiger charge is 2.21. The molecule has 1 aromatic heterocycles. The molecule has 1 N–H and O–H groups in total. The van der Waals surface area contributed by atoms with Gasteiger partial charge in [0, 0.05) is 47.6 Å². The monoisotopic (exact) mass is 525 g/mol. The number of morpholine rings is 1. The van der Waals surface area contributed by atoms with Gasteiger partial charge < -0.3 is 24.3 Å². The number of ether oxygens (including phenoxy) is 4. The number of halogens is 1. The van der Waals surface area contributed by atoms with Crippen LogP contribution in [-0.2, 0) is 4.74 Å². The molecular formula is C24H24BrN5O4. The van der Waals surface area contributed by atoms with E-state index < -0.39 is 0 Å². The Hall–Kier alpha value is -3.21. The summed E-state index contributed by atoms with van der Waals surface area (Å²) in [6.07, 6.45) is 3.17. The lowest BCUT2D eigenvalue weighted by Gasteiger charge is -2.26. The molecule has 0 atom stereocenters. The molecule has 3 heterocycles. The van der Waals surface area contributed by atoms with Gasteiger partial charge in [0.1, 0.15) is 18.7 Å². The van der Waals surface area contributed by atoms with Crippen LogP contribution < -0.4 is 19.5 Å². The normalized spacial score (nSPS) is 15.0. The van der Waals surface area contributed by atoms with E-state index in [1.54, 1.807) is 19.4 Å². The zero-order chi connectivity index (χ0) is 23.3. The number of aromatic nitrogens is 2. The summed E-state index contributed by atoms with van der Waals surface area (Å²) in [7, 11) is 1.61. The molecule has 0 radical (unpaired) electrons. The van der Waals surface area contributed by atoms with Crippen LogP contribution in [-0.4, -0.2) is 67.6 Å². The van der Waals surface area contributed by atoms with Crippen LogP contribution in [0.1, 0.15) is 5.56 Å². The zero-order valence-corrected chi connectivity index (χ0v) is 20.2. The van der Waals surface area contributed by atoms with Crippen LogP contribution in [0.5, 0.6) is 23.1 Å². The molecule has 10 heteroatoms. The van der Waals surface area contributed by atoms with E-state index in [0.717, 1.165) is 48.6 Å². The average molecular weight is 526 g/mol. The van der Waals surface area contributed by atoms with Crippen molar-refractivity contribution in [2.24, 2.45) is 4.99 Å². The third-order valence-corrected chi connectivity index (χ3v) is 5.97. The molecule has 1 fully saturated rings. The van der Waals surface area contributed by atoms with Crippen LogP contribution >= 0.6 is 15.9 Å². The second kappa shape index (κ2) is 10.4. The van der Waals surface area contributed by atoms with Crippen LogP contribution in [0, 0.1) is 0 Å². The van der Waals surface area contributed by atoms with Gasteiger partial charge in [-0.3, -0.25) is 4.90 Å². The largest absolute Gasteiger partial charge is 0.493 e. The Kier molecular flexibility index (Phi) is 6.89. The Bertz CT molecular complexity index is 1200. The summed E-state index contributed by atoms with van der Waals surface area (Å²) < 4.78 is 24.1.